The molecule has 9 rings (SSSR count). The van der Waals surface area contributed by atoms with Crippen LogP contribution in [-0.2, 0) is 19.2 Å². The summed E-state index contributed by atoms with van der Waals surface area (Å²) in [5.74, 6) is -0.908. The summed E-state index contributed by atoms with van der Waals surface area (Å²) in [6.07, 6.45) is 5.01. The number of likely N-dealkylation sites (tertiary alicyclic amines) is 2. The molecule has 2 unspecified atom stereocenters. The van der Waals surface area contributed by atoms with Crippen molar-refractivity contribution in [3.05, 3.63) is 107 Å². The third kappa shape index (κ3) is 8.51. The van der Waals surface area contributed by atoms with Gasteiger partial charge in [0.25, 0.3) is 0 Å². The molecule has 2 fully saturated rings. The molecule has 3 aromatic carbocycles. The van der Waals surface area contributed by atoms with Crippen molar-refractivity contribution in [1.29, 1.82) is 0 Å². The van der Waals surface area contributed by atoms with Gasteiger partial charge < -0.3 is 30.0 Å². The van der Waals surface area contributed by atoms with Crippen LogP contribution in [0.15, 0.2) is 89.8 Å². The zero-order valence-corrected chi connectivity index (χ0v) is 36.5. The van der Waals surface area contributed by atoms with Crippen LogP contribution in [0.3, 0.4) is 0 Å². The van der Waals surface area contributed by atoms with Crippen molar-refractivity contribution in [3.8, 4) is 33.5 Å². The number of aromatic nitrogens is 4. The van der Waals surface area contributed by atoms with E-state index in [1.807, 2.05) is 66.2 Å². The lowest BCUT2D eigenvalue weighted by atomic mass is 10.0. The van der Waals surface area contributed by atoms with Gasteiger partial charge in [-0.05, 0) is 66.0 Å². The number of carboxylic acid groups (broad SMARTS) is 2. The third-order valence-corrected chi connectivity index (χ3v) is 14.3. The molecule has 14 nitrogen and oxygen atoms in total. The van der Waals surface area contributed by atoms with E-state index in [-0.39, 0.29) is 42.9 Å². The maximum absolute atomic E-state index is 14.0. The highest BCUT2D eigenvalue weighted by Gasteiger charge is 2.38. The first-order valence-corrected chi connectivity index (χ1v) is 23.0. The number of thiophene rings is 2. The molecule has 2 saturated heterocycles. The Balaban J connectivity index is 0.904. The van der Waals surface area contributed by atoms with Crippen LogP contribution >= 0.6 is 22.7 Å². The van der Waals surface area contributed by atoms with E-state index >= 15 is 0 Å². The van der Waals surface area contributed by atoms with Gasteiger partial charge in [-0.3, -0.25) is 29.8 Å². The summed E-state index contributed by atoms with van der Waals surface area (Å²) in [5.41, 5.74) is 8.77. The van der Waals surface area contributed by atoms with Gasteiger partial charge in [0.05, 0.1) is 63.5 Å². The number of carboxylic acids is 2. The summed E-state index contributed by atoms with van der Waals surface area (Å²) in [5, 5.41) is 28.9. The minimum atomic E-state index is -1.02. The van der Waals surface area contributed by atoms with Crippen LogP contribution in [-0.4, -0.2) is 95.9 Å². The topological polar surface area (TPSA) is 197 Å². The van der Waals surface area contributed by atoms with Crippen molar-refractivity contribution < 1.29 is 29.4 Å². The Labute approximate surface area is 371 Å². The monoisotopic (exact) mass is 884 g/mol. The molecule has 4 atom stereocenters. The zero-order chi connectivity index (χ0) is 43.8. The normalized spacial score (nSPS) is 17.6. The van der Waals surface area contributed by atoms with Gasteiger partial charge in [-0.1, -0.05) is 74.5 Å². The Hall–Kier alpha value is -6.20. The second kappa shape index (κ2) is 17.9. The molecular weight excluding hydrogens is 837 g/mol. The SMILES string of the molecule is CC(C)[C@H](NCC(=O)O)C(=O)N1CCC[C@H]1c1ncc(-c2ccc(-c3csc4c(-c5ccc6nc(C7CCCN7C(=O)C(NCC(=O)O)c7ccccc7)[nH]c6c5)csc34)cc2)[nH]1. The molecule has 7 aromatic rings. The van der Waals surface area contributed by atoms with Crippen molar-refractivity contribution in [2.45, 2.75) is 63.7 Å². The molecule has 63 heavy (non-hydrogen) atoms. The number of amides is 2. The molecule has 0 radical (unpaired) electrons. The largest absolute Gasteiger partial charge is 0.480 e. The number of hydrogen-bond donors (Lipinski definition) is 6. The molecule has 2 aliphatic rings. The third-order valence-electron chi connectivity index (χ3n) is 12.1. The molecule has 0 aliphatic carbocycles. The summed E-state index contributed by atoms with van der Waals surface area (Å²) in [6.45, 7) is 4.39. The van der Waals surface area contributed by atoms with E-state index in [1.165, 1.54) is 15.0 Å². The number of H-pyrrole nitrogens is 2. The number of nitrogens with zero attached hydrogens (tertiary/aromatic N) is 4. The van der Waals surface area contributed by atoms with Gasteiger partial charge >= 0.3 is 11.9 Å². The molecule has 0 saturated carbocycles. The molecule has 324 valence electrons. The number of benzene rings is 3. The van der Waals surface area contributed by atoms with Crippen molar-refractivity contribution in [2.24, 2.45) is 5.92 Å². The summed E-state index contributed by atoms with van der Waals surface area (Å²) < 4.78 is 2.42. The lowest BCUT2D eigenvalue weighted by Crippen LogP contribution is -2.50. The van der Waals surface area contributed by atoms with Crippen LogP contribution < -0.4 is 10.6 Å². The lowest BCUT2D eigenvalue weighted by molar-refractivity contribution is -0.139. The van der Waals surface area contributed by atoms with E-state index in [2.05, 4.69) is 67.8 Å². The van der Waals surface area contributed by atoms with Crippen molar-refractivity contribution in [1.82, 2.24) is 40.4 Å². The second-order valence-electron chi connectivity index (χ2n) is 16.6. The number of rotatable bonds is 15. The lowest BCUT2D eigenvalue weighted by Gasteiger charge is -2.30. The first kappa shape index (κ1) is 42.1. The van der Waals surface area contributed by atoms with E-state index in [0.29, 0.717) is 13.1 Å². The molecule has 4 aromatic heterocycles. The van der Waals surface area contributed by atoms with Gasteiger partial charge in [0, 0.05) is 35.0 Å². The average Bonchev–Trinajstić information content (AvgIpc) is 4.14. The number of carbonyl (C=O) groups excluding carboxylic acids is 2. The highest BCUT2D eigenvalue weighted by Crippen LogP contribution is 2.45. The molecule has 6 heterocycles. The first-order chi connectivity index (χ1) is 30.5. The Morgan fingerprint density at radius 3 is 2.02 bits per heavy atom. The molecule has 16 heteroatoms. The number of hydrogen-bond acceptors (Lipinski definition) is 10. The van der Waals surface area contributed by atoms with Crippen LogP contribution in [0.2, 0.25) is 0 Å². The van der Waals surface area contributed by atoms with Gasteiger partial charge in [0.2, 0.25) is 11.8 Å². The van der Waals surface area contributed by atoms with Gasteiger partial charge in [0.15, 0.2) is 0 Å². The number of carbonyl (C=O) groups is 4. The molecule has 0 bridgehead atoms. The smallest absolute Gasteiger partial charge is 0.317 e. The number of fused-ring (bicyclic) bond motifs is 2. The average molecular weight is 885 g/mol. The zero-order valence-electron chi connectivity index (χ0n) is 34.8. The van der Waals surface area contributed by atoms with E-state index in [1.54, 1.807) is 22.7 Å². The maximum Gasteiger partial charge on any atom is 0.317 e. The summed E-state index contributed by atoms with van der Waals surface area (Å²) in [6, 6.07) is 22.1. The molecular formula is C47H48N8O6S2. The first-order valence-electron chi connectivity index (χ1n) is 21.2. The summed E-state index contributed by atoms with van der Waals surface area (Å²) in [4.78, 5) is 70.6. The minimum absolute atomic E-state index is 0.0672. The summed E-state index contributed by atoms with van der Waals surface area (Å²) >= 11 is 3.44. The minimum Gasteiger partial charge on any atom is -0.480 e. The Morgan fingerprint density at radius 2 is 1.35 bits per heavy atom. The van der Waals surface area contributed by atoms with E-state index in [0.717, 1.165) is 81.9 Å². The molecule has 2 aliphatic heterocycles. The Kier molecular flexibility index (Phi) is 12.0. The molecule has 6 N–H and O–H groups in total. The standard InChI is InChI=1S/C47H48N8O6S2/c1-26(2)40(48-22-38(56)57)46(60)54-18-6-10-36(54)44-50-21-35(53-44)28-14-12-27(13-15-28)31-24-62-43-32(25-63-42(31)43)30-16-17-33-34(20-30)52-45(51-33)37-11-7-19-55(37)47(61)41(49-23-39(58)59)29-8-4-3-5-9-29/h3-5,8-9,12-17,20-21,24-26,36-37,40-41,48-49H,6-7,10-11,18-19,22-23H2,1-2H3,(H,50,53)(H,51,52)(H,56,57)(H,58,59)/t36-,37?,40-,41?/m0/s1. The van der Waals surface area contributed by atoms with Crippen LogP contribution in [0.4, 0.5) is 0 Å². The van der Waals surface area contributed by atoms with Gasteiger partial charge in [-0.25, -0.2) is 9.97 Å². The fraction of sp³-hybridized carbons (Fsp3) is 0.319. The fourth-order valence-electron chi connectivity index (χ4n) is 9.02. The Morgan fingerprint density at radius 1 is 0.746 bits per heavy atom. The van der Waals surface area contributed by atoms with Crippen LogP contribution in [0.1, 0.15) is 74.9 Å². The quantitative estimate of drug-likeness (QED) is 0.0587. The van der Waals surface area contributed by atoms with Crippen molar-refractivity contribution in [3.63, 3.8) is 0 Å². The van der Waals surface area contributed by atoms with Crippen LogP contribution in [0, 0.1) is 5.92 Å². The number of aliphatic carboxylic acids is 2. The maximum atomic E-state index is 14.0. The predicted octanol–water partition coefficient (Wildman–Crippen LogP) is 8.00. The number of imidazole rings is 2. The highest BCUT2D eigenvalue weighted by atomic mass is 32.1. The second-order valence-corrected chi connectivity index (χ2v) is 18.3. The number of aromatic amines is 2. The van der Waals surface area contributed by atoms with E-state index < -0.39 is 24.0 Å². The fourth-order valence-corrected chi connectivity index (χ4v) is 11.5. The highest BCUT2D eigenvalue weighted by molar-refractivity contribution is 7.27. The molecule has 2 amide bonds. The van der Waals surface area contributed by atoms with E-state index in [9.17, 15) is 29.4 Å². The van der Waals surface area contributed by atoms with Crippen molar-refractivity contribution in [2.75, 3.05) is 26.2 Å². The summed E-state index contributed by atoms with van der Waals surface area (Å²) in [7, 11) is 0. The van der Waals surface area contributed by atoms with Gasteiger partial charge in [-0.15, -0.1) is 22.7 Å². The Bertz CT molecular complexity index is 2790. The van der Waals surface area contributed by atoms with E-state index in [4.69, 9.17) is 9.97 Å². The van der Waals surface area contributed by atoms with Gasteiger partial charge in [0.1, 0.15) is 17.7 Å². The van der Waals surface area contributed by atoms with Crippen molar-refractivity contribution >= 4 is 66.9 Å². The molecule has 0 spiro atoms. The van der Waals surface area contributed by atoms with Gasteiger partial charge in [-0.2, -0.15) is 0 Å². The predicted molar refractivity (Wildman–Crippen MR) is 244 cm³/mol. The van der Waals surface area contributed by atoms with Crippen LogP contribution in [0.25, 0.3) is 53.9 Å². The van der Waals surface area contributed by atoms with Crippen LogP contribution in [0.5, 0.6) is 0 Å². The number of nitrogens with one attached hydrogen (secondary N) is 4.